The van der Waals surface area contributed by atoms with Crippen LogP contribution in [0.5, 0.6) is 0 Å². The van der Waals surface area contributed by atoms with Gasteiger partial charge in [-0.1, -0.05) is 0 Å². The molecule has 0 aliphatic heterocycles. The number of amides is 1. The summed E-state index contributed by atoms with van der Waals surface area (Å²) in [7, 11) is 0. The van der Waals surface area contributed by atoms with E-state index in [0.717, 1.165) is 0 Å². The highest BCUT2D eigenvalue weighted by Crippen LogP contribution is 2.11. The number of esters is 1. The Morgan fingerprint density at radius 3 is 2.17 bits per heavy atom. The Morgan fingerprint density at radius 2 is 1.72 bits per heavy atom. The normalized spacial score (nSPS) is 12.1. The molecular formula is C13H18N2O3. The van der Waals surface area contributed by atoms with Gasteiger partial charge in [0, 0.05) is 5.69 Å². The number of carbonyl (C=O) groups is 2. The van der Waals surface area contributed by atoms with Crippen molar-refractivity contribution in [1.29, 1.82) is 0 Å². The largest absolute Gasteiger partial charge is 0.459 e. The summed E-state index contributed by atoms with van der Waals surface area (Å²) in [6.07, 6.45) is -0.157. The number of nitrogens with one attached hydrogen (secondary N) is 1. The number of hydrogen-bond donors (Lipinski definition) is 2. The Hall–Kier alpha value is -1.88. The second-order valence-electron chi connectivity index (χ2n) is 4.31. The van der Waals surface area contributed by atoms with E-state index in [2.05, 4.69) is 5.32 Å². The first-order valence-corrected chi connectivity index (χ1v) is 5.77. The third kappa shape index (κ3) is 4.18. The van der Waals surface area contributed by atoms with E-state index in [9.17, 15) is 9.59 Å². The van der Waals surface area contributed by atoms with Crippen molar-refractivity contribution in [2.45, 2.75) is 32.9 Å². The summed E-state index contributed by atoms with van der Waals surface area (Å²) < 4.78 is 5.05. The molecule has 1 aromatic rings. The Labute approximate surface area is 106 Å². The first-order chi connectivity index (χ1) is 8.40. The lowest BCUT2D eigenvalue weighted by Gasteiger charge is -2.10. The number of rotatable bonds is 4. The van der Waals surface area contributed by atoms with Gasteiger partial charge in [-0.05, 0) is 45.0 Å². The number of hydrogen-bond acceptors (Lipinski definition) is 4. The van der Waals surface area contributed by atoms with Crippen molar-refractivity contribution in [1.82, 2.24) is 0 Å². The fourth-order valence-corrected chi connectivity index (χ4v) is 1.23. The first-order valence-electron chi connectivity index (χ1n) is 5.77. The molecule has 18 heavy (non-hydrogen) atoms. The smallest absolute Gasteiger partial charge is 0.338 e. The quantitative estimate of drug-likeness (QED) is 0.794. The highest BCUT2D eigenvalue weighted by Gasteiger charge is 2.10. The summed E-state index contributed by atoms with van der Waals surface area (Å²) in [5, 5.41) is 2.63. The van der Waals surface area contributed by atoms with E-state index < -0.39 is 6.04 Å². The molecule has 3 N–H and O–H groups in total. The van der Waals surface area contributed by atoms with Crippen LogP contribution in [0.15, 0.2) is 24.3 Å². The summed E-state index contributed by atoms with van der Waals surface area (Å²) >= 11 is 0. The van der Waals surface area contributed by atoms with Crippen molar-refractivity contribution >= 4 is 17.6 Å². The van der Waals surface area contributed by atoms with Crippen LogP contribution in [0.4, 0.5) is 5.69 Å². The molecule has 1 rings (SSSR count). The van der Waals surface area contributed by atoms with E-state index in [1.54, 1.807) is 45.0 Å². The van der Waals surface area contributed by atoms with Crippen molar-refractivity contribution in [3.8, 4) is 0 Å². The molecule has 5 heteroatoms. The summed E-state index contributed by atoms with van der Waals surface area (Å²) in [5.41, 5.74) is 6.47. The average molecular weight is 250 g/mol. The summed E-state index contributed by atoms with van der Waals surface area (Å²) in [4.78, 5) is 22.9. The molecule has 1 aromatic carbocycles. The van der Waals surface area contributed by atoms with E-state index in [1.165, 1.54) is 0 Å². The minimum atomic E-state index is -0.574. The van der Waals surface area contributed by atoms with Crippen LogP contribution in [-0.2, 0) is 9.53 Å². The van der Waals surface area contributed by atoms with Crippen LogP contribution in [-0.4, -0.2) is 24.0 Å². The first kappa shape index (κ1) is 14.2. The fraction of sp³-hybridized carbons (Fsp3) is 0.385. The van der Waals surface area contributed by atoms with Gasteiger partial charge in [-0.2, -0.15) is 0 Å². The number of carbonyl (C=O) groups excluding carboxylic acids is 2. The zero-order valence-corrected chi connectivity index (χ0v) is 10.8. The minimum Gasteiger partial charge on any atom is -0.459 e. The van der Waals surface area contributed by atoms with Crippen LogP contribution in [0.25, 0.3) is 0 Å². The summed E-state index contributed by atoms with van der Waals surface area (Å²) in [5.74, 6) is -0.650. The van der Waals surface area contributed by atoms with Gasteiger partial charge in [-0.15, -0.1) is 0 Å². The standard InChI is InChI=1S/C13H18N2O3/c1-8(2)18-13(17)10-4-6-11(7-5-10)15-12(16)9(3)14/h4-9H,14H2,1-3H3,(H,15,16). The van der Waals surface area contributed by atoms with Crippen molar-refractivity contribution in [2.75, 3.05) is 5.32 Å². The molecule has 0 spiro atoms. The third-order valence-electron chi connectivity index (χ3n) is 2.14. The number of anilines is 1. The molecule has 0 aliphatic carbocycles. The third-order valence-corrected chi connectivity index (χ3v) is 2.14. The molecule has 0 saturated heterocycles. The van der Waals surface area contributed by atoms with Gasteiger partial charge < -0.3 is 15.8 Å². The highest BCUT2D eigenvalue weighted by molar-refractivity contribution is 5.95. The molecule has 5 nitrogen and oxygen atoms in total. The van der Waals surface area contributed by atoms with Crippen LogP contribution >= 0.6 is 0 Å². The number of ether oxygens (including phenoxy) is 1. The van der Waals surface area contributed by atoms with Gasteiger partial charge in [0.05, 0.1) is 17.7 Å². The average Bonchev–Trinajstić information content (AvgIpc) is 2.28. The maximum Gasteiger partial charge on any atom is 0.338 e. The monoisotopic (exact) mass is 250 g/mol. The van der Waals surface area contributed by atoms with Crippen molar-refractivity contribution < 1.29 is 14.3 Å². The van der Waals surface area contributed by atoms with Gasteiger partial charge in [-0.3, -0.25) is 4.79 Å². The van der Waals surface area contributed by atoms with Crippen LogP contribution in [0, 0.1) is 0 Å². The fourth-order valence-electron chi connectivity index (χ4n) is 1.23. The lowest BCUT2D eigenvalue weighted by molar-refractivity contribution is -0.117. The van der Waals surface area contributed by atoms with Crippen molar-refractivity contribution in [3.05, 3.63) is 29.8 Å². The molecule has 1 amide bonds. The molecule has 0 fully saturated rings. The van der Waals surface area contributed by atoms with E-state index in [0.29, 0.717) is 11.3 Å². The SMILES string of the molecule is CC(C)OC(=O)c1ccc(NC(=O)C(C)N)cc1. The number of benzene rings is 1. The van der Waals surface area contributed by atoms with Gasteiger partial charge in [0.15, 0.2) is 0 Å². The predicted molar refractivity (Wildman–Crippen MR) is 69.3 cm³/mol. The lowest BCUT2D eigenvalue weighted by atomic mass is 10.2. The molecule has 0 radical (unpaired) electrons. The maximum absolute atomic E-state index is 11.6. The van der Waals surface area contributed by atoms with E-state index in [1.807, 2.05) is 0 Å². The summed E-state index contributed by atoms with van der Waals surface area (Å²) in [6, 6.07) is 5.90. The molecule has 0 heterocycles. The Bertz CT molecular complexity index is 424. The van der Waals surface area contributed by atoms with Crippen LogP contribution in [0.2, 0.25) is 0 Å². The zero-order valence-electron chi connectivity index (χ0n) is 10.8. The van der Waals surface area contributed by atoms with E-state index in [4.69, 9.17) is 10.5 Å². The van der Waals surface area contributed by atoms with Gasteiger partial charge in [0.2, 0.25) is 5.91 Å². The Balaban J connectivity index is 2.68. The van der Waals surface area contributed by atoms with E-state index >= 15 is 0 Å². The summed E-state index contributed by atoms with van der Waals surface area (Å²) in [6.45, 7) is 5.17. The number of nitrogens with two attached hydrogens (primary N) is 1. The van der Waals surface area contributed by atoms with Gasteiger partial charge >= 0.3 is 5.97 Å². The molecule has 0 saturated carbocycles. The van der Waals surface area contributed by atoms with Gasteiger partial charge in [0.25, 0.3) is 0 Å². The lowest BCUT2D eigenvalue weighted by Crippen LogP contribution is -2.32. The molecule has 1 atom stereocenters. The second-order valence-corrected chi connectivity index (χ2v) is 4.31. The molecule has 0 bridgehead atoms. The molecular weight excluding hydrogens is 232 g/mol. The van der Waals surface area contributed by atoms with Crippen molar-refractivity contribution in [2.24, 2.45) is 5.73 Å². The molecule has 1 unspecified atom stereocenters. The van der Waals surface area contributed by atoms with Crippen LogP contribution in [0.3, 0.4) is 0 Å². The van der Waals surface area contributed by atoms with Crippen LogP contribution < -0.4 is 11.1 Å². The van der Waals surface area contributed by atoms with Gasteiger partial charge in [-0.25, -0.2) is 4.79 Å². The molecule has 0 aliphatic rings. The molecule has 98 valence electrons. The topological polar surface area (TPSA) is 81.4 Å². The van der Waals surface area contributed by atoms with Crippen LogP contribution in [0.1, 0.15) is 31.1 Å². The molecule has 0 aromatic heterocycles. The Kier molecular flexibility index (Phi) is 4.85. The van der Waals surface area contributed by atoms with E-state index in [-0.39, 0.29) is 18.0 Å². The maximum atomic E-state index is 11.6. The zero-order chi connectivity index (χ0) is 13.7. The van der Waals surface area contributed by atoms with Gasteiger partial charge in [0.1, 0.15) is 0 Å². The highest BCUT2D eigenvalue weighted by atomic mass is 16.5. The minimum absolute atomic E-state index is 0.157. The Morgan fingerprint density at radius 1 is 1.17 bits per heavy atom. The predicted octanol–water partition coefficient (Wildman–Crippen LogP) is 1.54. The van der Waals surface area contributed by atoms with Crippen molar-refractivity contribution in [3.63, 3.8) is 0 Å². The second kappa shape index (κ2) is 6.16.